The van der Waals surface area contributed by atoms with Gasteiger partial charge in [-0.2, -0.15) is 0 Å². The zero-order chi connectivity index (χ0) is 13.9. The van der Waals surface area contributed by atoms with E-state index in [2.05, 4.69) is 4.72 Å². The van der Waals surface area contributed by atoms with Gasteiger partial charge in [-0.25, -0.2) is 17.9 Å². The van der Waals surface area contributed by atoms with Crippen LogP contribution in [0, 0.1) is 3.57 Å². The van der Waals surface area contributed by atoms with Crippen LogP contribution in [0.1, 0.15) is 17.3 Å². The standard InChI is InChI=1S/C10H12INO5S/c1-6(5-13)12-18(16,17)7-2-3-9(11)8(4-7)10(14)15/h2-4,6,12-13H,5H2,1H3,(H,14,15)/t6-/m0/s1. The van der Waals surface area contributed by atoms with Gasteiger partial charge < -0.3 is 10.2 Å². The van der Waals surface area contributed by atoms with Crippen molar-refractivity contribution in [3.63, 3.8) is 0 Å². The number of carboxylic acids is 1. The van der Waals surface area contributed by atoms with E-state index < -0.39 is 22.0 Å². The number of aliphatic hydroxyl groups is 1. The Kier molecular flexibility index (Phi) is 5.08. The minimum absolute atomic E-state index is 0.0740. The number of carboxylic acid groups (broad SMARTS) is 1. The van der Waals surface area contributed by atoms with Crippen molar-refractivity contribution in [3.05, 3.63) is 27.3 Å². The first kappa shape index (κ1) is 15.3. The molecule has 6 nitrogen and oxygen atoms in total. The molecule has 100 valence electrons. The third kappa shape index (κ3) is 3.64. The Morgan fingerprint density at radius 1 is 1.50 bits per heavy atom. The lowest BCUT2D eigenvalue weighted by Gasteiger charge is -2.12. The summed E-state index contributed by atoms with van der Waals surface area (Å²) in [7, 11) is -3.82. The summed E-state index contributed by atoms with van der Waals surface area (Å²) < 4.78 is 26.4. The Bertz CT molecular complexity index is 557. The molecule has 0 heterocycles. The number of hydrogen-bond acceptors (Lipinski definition) is 4. The Morgan fingerprint density at radius 2 is 2.11 bits per heavy atom. The summed E-state index contributed by atoms with van der Waals surface area (Å²) >= 11 is 1.82. The number of nitrogens with one attached hydrogen (secondary N) is 1. The normalized spacial score (nSPS) is 13.3. The first-order valence-corrected chi connectivity index (χ1v) is 7.50. The fraction of sp³-hybridized carbons (Fsp3) is 0.300. The second-order valence-corrected chi connectivity index (χ2v) is 6.53. The van der Waals surface area contributed by atoms with Gasteiger partial charge in [0.15, 0.2) is 0 Å². The molecule has 0 aliphatic rings. The van der Waals surface area contributed by atoms with Gasteiger partial charge in [-0.05, 0) is 47.7 Å². The van der Waals surface area contributed by atoms with Crippen LogP contribution < -0.4 is 4.72 Å². The summed E-state index contributed by atoms with van der Waals surface area (Å²) in [6.45, 7) is 1.16. The lowest BCUT2D eigenvalue weighted by atomic mass is 10.2. The highest BCUT2D eigenvalue weighted by molar-refractivity contribution is 14.1. The lowest BCUT2D eigenvalue weighted by molar-refractivity contribution is 0.0695. The Labute approximate surface area is 118 Å². The molecular formula is C10H12INO5S. The lowest BCUT2D eigenvalue weighted by Crippen LogP contribution is -2.35. The van der Waals surface area contributed by atoms with E-state index in [4.69, 9.17) is 10.2 Å². The number of halogens is 1. The quantitative estimate of drug-likeness (QED) is 0.646. The van der Waals surface area contributed by atoms with Gasteiger partial charge in [0.2, 0.25) is 10.0 Å². The Morgan fingerprint density at radius 3 is 2.61 bits per heavy atom. The highest BCUT2D eigenvalue weighted by Gasteiger charge is 2.19. The predicted octanol–water partition coefficient (Wildman–Crippen LogP) is 0.649. The van der Waals surface area contributed by atoms with Crippen LogP contribution in [0.4, 0.5) is 0 Å². The minimum atomic E-state index is -3.82. The number of aromatic carboxylic acids is 1. The summed E-state index contributed by atoms with van der Waals surface area (Å²) in [6, 6.07) is 3.20. The van der Waals surface area contributed by atoms with Crippen molar-refractivity contribution in [2.75, 3.05) is 6.61 Å². The summed E-state index contributed by atoms with van der Waals surface area (Å²) in [5, 5.41) is 17.7. The van der Waals surface area contributed by atoms with Crippen LogP contribution in [-0.4, -0.2) is 37.2 Å². The smallest absolute Gasteiger partial charge is 0.336 e. The predicted molar refractivity (Wildman–Crippen MR) is 73.0 cm³/mol. The van der Waals surface area contributed by atoms with E-state index in [0.29, 0.717) is 3.57 Å². The number of rotatable bonds is 5. The highest BCUT2D eigenvalue weighted by Crippen LogP contribution is 2.18. The van der Waals surface area contributed by atoms with Gasteiger partial charge in [0, 0.05) is 9.61 Å². The van der Waals surface area contributed by atoms with Gasteiger partial charge in [0.25, 0.3) is 0 Å². The molecule has 1 aromatic carbocycles. The average molecular weight is 385 g/mol. The van der Waals surface area contributed by atoms with Crippen molar-refractivity contribution in [2.24, 2.45) is 0 Å². The van der Waals surface area contributed by atoms with Crippen molar-refractivity contribution in [3.8, 4) is 0 Å². The monoisotopic (exact) mass is 385 g/mol. The molecule has 0 unspecified atom stereocenters. The zero-order valence-corrected chi connectivity index (χ0v) is 12.4. The maximum Gasteiger partial charge on any atom is 0.336 e. The molecule has 0 saturated heterocycles. The largest absolute Gasteiger partial charge is 0.478 e. The number of carbonyl (C=O) groups is 1. The van der Waals surface area contributed by atoms with Crippen LogP contribution >= 0.6 is 22.6 Å². The van der Waals surface area contributed by atoms with Crippen molar-refractivity contribution in [2.45, 2.75) is 17.9 Å². The molecule has 0 radical (unpaired) electrons. The molecule has 0 aliphatic heterocycles. The van der Waals surface area contributed by atoms with Crippen LogP contribution in [0.2, 0.25) is 0 Å². The fourth-order valence-electron chi connectivity index (χ4n) is 1.21. The maximum absolute atomic E-state index is 11.9. The van der Waals surface area contributed by atoms with Gasteiger partial charge in [-0.3, -0.25) is 0 Å². The number of benzene rings is 1. The number of aliphatic hydroxyl groups excluding tert-OH is 1. The highest BCUT2D eigenvalue weighted by atomic mass is 127. The van der Waals surface area contributed by atoms with E-state index >= 15 is 0 Å². The molecule has 3 N–H and O–H groups in total. The molecule has 0 amide bonds. The zero-order valence-electron chi connectivity index (χ0n) is 9.42. The average Bonchev–Trinajstić information content (AvgIpc) is 2.28. The van der Waals surface area contributed by atoms with E-state index in [9.17, 15) is 13.2 Å². The van der Waals surface area contributed by atoms with Crippen molar-refractivity contribution >= 4 is 38.6 Å². The maximum atomic E-state index is 11.9. The van der Waals surface area contributed by atoms with Gasteiger partial charge >= 0.3 is 5.97 Å². The first-order valence-electron chi connectivity index (χ1n) is 4.94. The number of hydrogen-bond donors (Lipinski definition) is 3. The minimum Gasteiger partial charge on any atom is -0.478 e. The molecule has 0 spiro atoms. The van der Waals surface area contributed by atoms with Crippen molar-refractivity contribution in [1.29, 1.82) is 0 Å². The molecule has 0 aliphatic carbocycles. The molecule has 1 rings (SSSR count). The van der Waals surface area contributed by atoms with Crippen LogP contribution in [-0.2, 0) is 10.0 Å². The van der Waals surface area contributed by atoms with E-state index in [-0.39, 0.29) is 17.1 Å². The van der Waals surface area contributed by atoms with Crippen LogP contribution in [0.3, 0.4) is 0 Å². The van der Waals surface area contributed by atoms with E-state index in [1.807, 2.05) is 22.6 Å². The third-order valence-corrected chi connectivity index (χ3v) is 4.64. The molecule has 18 heavy (non-hydrogen) atoms. The number of sulfonamides is 1. The van der Waals surface area contributed by atoms with Gasteiger partial charge in [-0.1, -0.05) is 0 Å². The molecule has 1 atom stereocenters. The van der Waals surface area contributed by atoms with Crippen molar-refractivity contribution in [1.82, 2.24) is 4.72 Å². The molecule has 0 aromatic heterocycles. The molecule has 0 saturated carbocycles. The SMILES string of the molecule is C[C@@H](CO)NS(=O)(=O)c1ccc(I)c(C(=O)O)c1. The molecule has 0 fully saturated rings. The van der Waals surface area contributed by atoms with E-state index in [1.54, 1.807) is 0 Å². The van der Waals surface area contributed by atoms with E-state index in [0.717, 1.165) is 6.07 Å². The molecular weight excluding hydrogens is 373 g/mol. The van der Waals surface area contributed by atoms with Crippen molar-refractivity contribution < 1.29 is 23.4 Å². The molecule has 0 bridgehead atoms. The fourth-order valence-corrected chi connectivity index (χ4v) is 3.03. The summed E-state index contributed by atoms with van der Waals surface area (Å²) in [4.78, 5) is 10.8. The third-order valence-electron chi connectivity index (χ3n) is 2.11. The van der Waals surface area contributed by atoms with Gasteiger partial charge in [0.05, 0.1) is 17.1 Å². The Hall–Kier alpha value is -0.710. The second-order valence-electron chi connectivity index (χ2n) is 3.65. The first-order chi connectivity index (χ1) is 8.27. The summed E-state index contributed by atoms with van der Waals surface area (Å²) in [5.74, 6) is -1.19. The van der Waals surface area contributed by atoms with Gasteiger partial charge in [0.1, 0.15) is 0 Å². The summed E-state index contributed by atoms with van der Waals surface area (Å²) in [5.41, 5.74) is -0.0740. The molecule has 1 aromatic rings. The van der Waals surface area contributed by atoms with Crippen LogP contribution in [0.25, 0.3) is 0 Å². The Balaban J connectivity index is 3.18. The van der Waals surface area contributed by atoms with Crippen LogP contribution in [0.15, 0.2) is 23.1 Å². The topological polar surface area (TPSA) is 104 Å². The second kappa shape index (κ2) is 5.95. The summed E-state index contributed by atoms with van der Waals surface area (Å²) in [6.07, 6.45) is 0. The van der Waals surface area contributed by atoms with Crippen LogP contribution in [0.5, 0.6) is 0 Å². The molecule has 8 heteroatoms. The van der Waals surface area contributed by atoms with E-state index in [1.165, 1.54) is 19.1 Å². The van der Waals surface area contributed by atoms with Gasteiger partial charge in [-0.15, -0.1) is 0 Å².